The number of carbonyl (C=O) groups excluding carboxylic acids is 3. The summed E-state index contributed by atoms with van der Waals surface area (Å²) in [5, 5.41) is 3.48. The van der Waals surface area contributed by atoms with Crippen molar-refractivity contribution in [2.45, 2.75) is 57.9 Å². The minimum absolute atomic E-state index is 0.00389. The van der Waals surface area contributed by atoms with Crippen LogP contribution < -0.4 is 15.1 Å². The first kappa shape index (κ1) is 22.4. The average Bonchev–Trinajstić information content (AvgIpc) is 3.61. The lowest BCUT2D eigenvalue weighted by Gasteiger charge is -2.41. The fraction of sp³-hybridized carbons (Fsp3) is 0.560. The van der Waals surface area contributed by atoms with Crippen LogP contribution in [0.25, 0.3) is 0 Å². The van der Waals surface area contributed by atoms with Crippen LogP contribution in [0.2, 0.25) is 0 Å². The Labute approximate surface area is 190 Å². The molecule has 3 amide bonds. The van der Waals surface area contributed by atoms with E-state index in [4.69, 9.17) is 0 Å². The Kier molecular flexibility index (Phi) is 6.26. The number of benzene rings is 1. The molecule has 2 heterocycles. The van der Waals surface area contributed by atoms with Crippen molar-refractivity contribution >= 4 is 29.1 Å². The van der Waals surface area contributed by atoms with E-state index in [9.17, 15) is 14.4 Å². The fourth-order valence-electron chi connectivity index (χ4n) is 4.74. The number of allylic oxidation sites excluding steroid dienone is 2. The smallest absolute Gasteiger partial charge is 0.230 e. The van der Waals surface area contributed by atoms with Gasteiger partial charge in [-0.05, 0) is 50.3 Å². The van der Waals surface area contributed by atoms with Gasteiger partial charge < -0.3 is 20.0 Å². The van der Waals surface area contributed by atoms with Crippen LogP contribution >= 0.6 is 0 Å². The molecule has 1 aromatic rings. The highest BCUT2D eigenvalue weighted by Gasteiger charge is 2.40. The summed E-state index contributed by atoms with van der Waals surface area (Å²) in [6.45, 7) is 4.93. The monoisotopic (exact) mass is 438 g/mol. The number of hydrogen-bond acceptors (Lipinski definition) is 4. The first-order valence-corrected chi connectivity index (χ1v) is 11.6. The van der Waals surface area contributed by atoms with E-state index >= 15 is 0 Å². The maximum absolute atomic E-state index is 13.0. The maximum atomic E-state index is 13.0. The normalized spacial score (nSPS) is 22.6. The van der Waals surface area contributed by atoms with E-state index in [1.165, 1.54) is 5.56 Å². The molecule has 32 heavy (non-hydrogen) atoms. The van der Waals surface area contributed by atoms with E-state index in [1.54, 1.807) is 25.9 Å². The summed E-state index contributed by atoms with van der Waals surface area (Å²) >= 11 is 0. The fourth-order valence-corrected chi connectivity index (χ4v) is 4.74. The Morgan fingerprint density at radius 1 is 1.16 bits per heavy atom. The van der Waals surface area contributed by atoms with E-state index in [0.717, 1.165) is 49.3 Å². The maximum Gasteiger partial charge on any atom is 0.230 e. The van der Waals surface area contributed by atoms with Crippen LogP contribution in [0, 0.1) is 5.92 Å². The molecular weight excluding hydrogens is 404 g/mol. The van der Waals surface area contributed by atoms with Gasteiger partial charge >= 0.3 is 0 Å². The van der Waals surface area contributed by atoms with Crippen molar-refractivity contribution in [3.8, 4) is 0 Å². The highest BCUT2D eigenvalue weighted by Crippen LogP contribution is 2.42. The highest BCUT2D eigenvalue weighted by molar-refractivity contribution is 6.05. The summed E-state index contributed by atoms with van der Waals surface area (Å²) in [6.07, 6.45) is 6.24. The number of anilines is 2. The molecule has 3 aliphatic rings. The molecular formula is C25H34N4O3. The van der Waals surface area contributed by atoms with Gasteiger partial charge in [0.15, 0.2) is 0 Å². The molecule has 7 nitrogen and oxygen atoms in total. The molecule has 0 radical (unpaired) electrons. The van der Waals surface area contributed by atoms with Crippen LogP contribution in [-0.4, -0.2) is 55.8 Å². The van der Waals surface area contributed by atoms with Gasteiger partial charge in [-0.3, -0.25) is 14.4 Å². The Morgan fingerprint density at radius 3 is 2.50 bits per heavy atom. The average molecular weight is 439 g/mol. The minimum Gasteiger partial charge on any atom is -0.388 e. The summed E-state index contributed by atoms with van der Waals surface area (Å²) in [5.74, 6) is 0.747. The summed E-state index contributed by atoms with van der Waals surface area (Å²) in [4.78, 5) is 42.6. The topological polar surface area (TPSA) is 73.0 Å². The Balaban J connectivity index is 1.54. The lowest BCUT2D eigenvalue weighted by Crippen LogP contribution is -2.51. The second kappa shape index (κ2) is 8.96. The summed E-state index contributed by atoms with van der Waals surface area (Å²) < 4.78 is 0. The predicted octanol–water partition coefficient (Wildman–Crippen LogP) is 3.01. The number of fused-ring (bicyclic) bond motifs is 1. The number of carbonyl (C=O) groups is 3. The molecule has 1 saturated carbocycles. The summed E-state index contributed by atoms with van der Waals surface area (Å²) in [6, 6.07) is 6.16. The van der Waals surface area contributed by atoms with Gasteiger partial charge in [0.1, 0.15) is 0 Å². The van der Waals surface area contributed by atoms with Gasteiger partial charge in [-0.1, -0.05) is 12.1 Å². The summed E-state index contributed by atoms with van der Waals surface area (Å²) in [5.41, 5.74) is 3.98. The predicted molar refractivity (Wildman–Crippen MR) is 126 cm³/mol. The molecule has 2 aliphatic heterocycles. The second-order valence-electron chi connectivity index (χ2n) is 9.54. The largest absolute Gasteiger partial charge is 0.388 e. The van der Waals surface area contributed by atoms with Crippen LogP contribution in [0.5, 0.6) is 0 Å². The molecule has 2 atom stereocenters. The minimum atomic E-state index is -0.0414. The molecule has 1 N–H and O–H groups in total. The number of nitrogens with zero attached hydrogens (tertiary/aromatic N) is 3. The molecule has 7 heteroatoms. The quantitative estimate of drug-likeness (QED) is 0.767. The molecule has 1 unspecified atom stereocenters. The van der Waals surface area contributed by atoms with Crippen LogP contribution in [0.4, 0.5) is 11.4 Å². The Bertz CT molecular complexity index is 951. The molecule has 1 fully saturated rings. The molecule has 172 valence electrons. The van der Waals surface area contributed by atoms with E-state index in [2.05, 4.69) is 23.5 Å². The second-order valence-corrected chi connectivity index (χ2v) is 9.54. The van der Waals surface area contributed by atoms with Crippen molar-refractivity contribution in [1.82, 2.24) is 10.2 Å². The van der Waals surface area contributed by atoms with Gasteiger partial charge in [-0.25, -0.2) is 0 Å². The lowest BCUT2D eigenvalue weighted by molar-refractivity contribution is -0.128. The third-order valence-electron chi connectivity index (χ3n) is 6.77. The highest BCUT2D eigenvalue weighted by atomic mass is 16.2. The number of amides is 3. The first-order chi connectivity index (χ1) is 15.3. The first-order valence-electron chi connectivity index (χ1n) is 11.6. The molecule has 0 spiro atoms. The van der Waals surface area contributed by atoms with E-state index < -0.39 is 0 Å². The molecule has 1 aromatic carbocycles. The van der Waals surface area contributed by atoms with E-state index in [0.29, 0.717) is 13.0 Å². The molecule has 0 saturated heterocycles. The van der Waals surface area contributed by atoms with Crippen molar-refractivity contribution in [3.05, 3.63) is 35.5 Å². The third-order valence-corrected chi connectivity index (χ3v) is 6.77. The third kappa shape index (κ3) is 4.52. The van der Waals surface area contributed by atoms with Gasteiger partial charge in [-0.2, -0.15) is 0 Å². The molecule has 0 bridgehead atoms. The lowest BCUT2D eigenvalue weighted by atomic mass is 9.90. The zero-order valence-corrected chi connectivity index (χ0v) is 19.6. The van der Waals surface area contributed by atoms with Crippen molar-refractivity contribution in [2.75, 3.05) is 37.0 Å². The zero-order valence-electron chi connectivity index (χ0n) is 19.6. The molecule has 4 rings (SSSR count). The van der Waals surface area contributed by atoms with Gasteiger partial charge in [0.05, 0.1) is 17.4 Å². The zero-order chi connectivity index (χ0) is 23.0. The van der Waals surface area contributed by atoms with Gasteiger partial charge in [0.25, 0.3) is 0 Å². The van der Waals surface area contributed by atoms with Crippen molar-refractivity contribution < 1.29 is 14.4 Å². The number of hydrogen-bond donors (Lipinski definition) is 1. The SMILES string of the molecule is CC(=O)N1c2ccc(C3CC=C(CCC(=O)N(C)C)NC3)cc2N(C(=O)C2CC2)C[C@@H]1C. The van der Waals surface area contributed by atoms with Gasteiger partial charge in [0.2, 0.25) is 17.7 Å². The van der Waals surface area contributed by atoms with Crippen molar-refractivity contribution in [2.24, 2.45) is 5.92 Å². The molecule has 1 aliphatic carbocycles. The standard InChI is InChI=1S/C25H34N4O3/c1-16-15-28(25(32)18-5-6-18)23-13-19(8-11-22(23)29(16)17(2)30)20-7-9-21(26-14-20)10-12-24(31)27(3)4/h8-9,11,13,16,18,20,26H,5-7,10,12,14-15H2,1-4H3/t16-,20?/m0/s1. The van der Waals surface area contributed by atoms with Crippen LogP contribution in [0.3, 0.4) is 0 Å². The van der Waals surface area contributed by atoms with Crippen molar-refractivity contribution in [1.29, 1.82) is 0 Å². The van der Waals surface area contributed by atoms with Crippen LogP contribution in [0.15, 0.2) is 30.0 Å². The summed E-state index contributed by atoms with van der Waals surface area (Å²) in [7, 11) is 3.56. The Hall–Kier alpha value is -2.83. The number of rotatable bonds is 5. The van der Waals surface area contributed by atoms with E-state index in [1.807, 2.05) is 22.8 Å². The van der Waals surface area contributed by atoms with Crippen LogP contribution in [-0.2, 0) is 14.4 Å². The van der Waals surface area contributed by atoms with E-state index in [-0.39, 0.29) is 35.6 Å². The van der Waals surface area contributed by atoms with Crippen LogP contribution in [0.1, 0.15) is 57.4 Å². The Morgan fingerprint density at radius 2 is 1.91 bits per heavy atom. The number of nitrogens with one attached hydrogen (secondary N) is 1. The van der Waals surface area contributed by atoms with Gasteiger partial charge in [-0.15, -0.1) is 0 Å². The van der Waals surface area contributed by atoms with Crippen molar-refractivity contribution in [3.63, 3.8) is 0 Å². The molecule has 0 aromatic heterocycles. The van der Waals surface area contributed by atoms with Gasteiger partial charge in [0, 0.05) is 58.1 Å².